The molecule has 21 heavy (non-hydrogen) atoms. The molecule has 1 unspecified atom stereocenters. The smallest absolute Gasteiger partial charge is 0.0704 e. The number of benzene rings is 1. The number of nitrogens with zero attached hydrogens (tertiary/aromatic N) is 1. The molecular weight excluding hydrogens is 256 g/mol. The van der Waals surface area contributed by atoms with Gasteiger partial charge in [-0.2, -0.15) is 0 Å². The van der Waals surface area contributed by atoms with E-state index in [0.717, 1.165) is 18.5 Å². The molecule has 1 saturated heterocycles. The van der Waals surface area contributed by atoms with E-state index in [1.54, 1.807) is 0 Å². The van der Waals surface area contributed by atoms with Gasteiger partial charge in [-0.05, 0) is 49.4 Å². The third-order valence-corrected chi connectivity index (χ3v) is 5.13. The fourth-order valence-electron chi connectivity index (χ4n) is 3.66. The Bertz CT molecular complexity index is 590. The molecule has 1 aliphatic rings. The second-order valence-corrected chi connectivity index (χ2v) is 6.71. The second-order valence-electron chi connectivity index (χ2n) is 6.71. The molecule has 2 aromatic rings. The Hall–Kier alpha value is -1.41. The first-order valence-electron chi connectivity index (χ1n) is 8.29. The van der Waals surface area contributed by atoms with E-state index in [0.29, 0.717) is 5.92 Å². The first-order valence-corrected chi connectivity index (χ1v) is 8.29. The lowest BCUT2D eigenvalue weighted by molar-refractivity contribution is 0.226. The molecule has 3 rings (SSSR count). The first-order chi connectivity index (χ1) is 10.2. The van der Waals surface area contributed by atoms with Gasteiger partial charge in [0, 0.05) is 17.1 Å². The molecule has 0 radical (unpaired) electrons. The van der Waals surface area contributed by atoms with Crippen LogP contribution in [0.2, 0.25) is 0 Å². The third-order valence-electron chi connectivity index (χ3n) is 5.13. The summed E-state index contributed by atoms with van der Waals surface area (Å²) in [5.41, 5.74) is 2.78. The minimum absolute atomic E-state index is 0.237. The van der Waals surface area contributed by atoms with Crippen LogP contribution in [0.3, 0.4) is 0 Å². The van der Waals surface area contributed by atoms with Crippen molar-refractivity contribution in [2.24, 2.45) is 5.92 Å². The zero-order valence-corrected chi connectivity index (χ0v) is 13.2. The number of rotatable bonds is 3. The molecule has 1 aromatic carbocycles. The van der Waals surface area contributed by atoms with Crippen LogP contribution in [0.25, 0.3) is 10.9 Å². The monoisotopic (exact) mass is 282 g/mol. The number of nitrogens with one attached hydrogen (secondary N) is 1. The van der Waals surface area contributed by atoms with Gasteiger partial charge in [-0.15, -0.1) is 0 Å². The summed E-state index contributed by atoms with van der Waals surface area (Å²) in [6.45, 7) is 5.88. The standard InChI is InChI=1S/C19H26N2/c1-15(2)19(11-6-3-7-12-21-19)14-16-10-13-20-18-9-5-4-8-17(16)18/h4-5,8-10,13,15,21H,3,6-7,11-12,14H2,1-2H3. The van der Waals surface area contributed by atoms with Gasteiger partial charge in [-0.25, -0.2) is 0 Å². The summed E-state index contributed by atoms with van der Waals surface area (Å²) in [4.78, 5) is 4.50. The molecule has 1 aromatic heterocycles. The molecule has 1 N–H and O–H groups in total. The predicted octanol–water partition coefficient (Wildman–Crippen LogP) is 4.34. The highest BCUT2D eigenvalue weighted by Gasteiger charge is 2.34. The van der Waals surface area contributed by atoms with Crippen LogP contribution in [0.4, 0.5) is 0 Å². The lowest BCUT2D eigenvalue weighted by atomic mass is 9.77. The van der Waals surface area contributed by atoms with Crippen molar-refractivity contribution < 1.29 is 0 Å². The molecule has 1 atom stereocenters. The van der Waals surface area contributed by atoms with Crippen molar-refractivity contribution in [2.75, 3.05) is 6.54 Å². The van der Waals surface area contributed by atoms with Crippen LogP contribution in [0.1, 0.15) is 45.1 Å². The summed E-state index contributed by atoms with van der Waals surface area (Å²) in [7, 11) is 0. The predicted molar refractivity (Wildman–Crippen MR) is 89.5 cm³/mol. The minimum atomic E-state index is 0.237. The van der Waals surface area contributed by atoms with Crippen LogP contribution < -0.4 is 5.32 Å². The average molecular weight is 282 g/mol. The Balaban J connectivity index is 1.98. The van der Waals surface area contributed by atoms with E-state index in [1.807, 2.05) is 6.20 Å². The van der Waals surface area contributed by atoms with Crippen LogP contribution in [-0.2, 0) is 6.42 Å². The number of hydrogen-bond donors (Lipinski definition) is 1. The van der Waals surface area contributed by atoms with Crippen molar-refractivity contribution in [2.45, 2.75) is 51.5 Å². The lowest BCUT2D eigenvalue weighted by Gasteiger charge is -2.38. The Labute approximate surface area is 128 Å². The molecule has 1 fully saturated rings. The number of para-hydroxylation sites is 1. The minimum Gasteiger partial charge on any atom is -0.311 e. The molecule has 0 amide bonds. The summed E-state index contributed by atoms with van der Waals surface area (Å²) >= 11 is 0. The molecule has 0 bridgehead atoms. The average Bonchev–Trinajstić information content (AvgIpc) is 2.74. The van der Waals surface area contributed by atoms with E-state index >= 15 is 0 Å². The van der Waals surface area contributed by atoms with Crippen molar-refractivity contribution in [3.63, 3.8) is 0 Å². The summed E-state index contributed by atoms with van der Waals surface area (Å²) in [5, 5.41) is 5.20. The van der Waals surface area contributed by atoms with Gasteiger partial charge in [0.05, 0.1) is 5.52 Å². The van der Waals surface area contributed by atoms with Gasteiger partial charge < -0.3 is 5.32 Å². The maximum atomic E-state index is 4.50. The van der Waals surface area contributed by atoms with E-state index < -0.39 is 0 Å². The van der Waals surface area contributed by atoms with E-state index in [2.05, 4.69) is 54.5 Å². The summed E-state index contributed by atoms with van der Waals surface area (Å²) in [5.74, 6) is 0.641. The zero-order valence-electron chi connectivity index (χ0n) is 13.2. The van der Waals surface area contributed by atoms with Crippen LogP contribution in [0, 0.1) is 5.92 Å². The van der Waals surface area contributed by atoms with E-state index in [-0.39, 0.29) is 5.54 Å². The largest absolute Gasteiger partial charge is 0.311 e. The van der Waals surface area contributed by atoms with Crippen LogP contribution in [0.15, 0.2) is 36.5 Å². The van der Waals surface area contributed by atoms with Crippen molar-refractivity contribution in [3.05, 3.63) is 42.1 Å². The van der Waals surface area contributed by atoms with E-state index in [1.165, 1.54) is 36.6 Å². The topological polar surface area (TPSA) is 24.9 Å². The normalized spacial score (nSPS) is 23.4. The second kappa shape index (κ2) is 6.15. The molecule has 1 aliphatic heterocycles. The molecule has 0 aliphatic carbocycles. The van der Waals surface area contributed by atoms with Gasteiger partial charge in [-0.3, -0.25) is 4.98 Å². The highest BCUT2D eigenvalue weighted by atomic mass is 15.0. The fourth-order valence-corrected chi connectivity index (χ4v) is 3.66. The maximum Gasteiger partial charge on any atom is 0.0704 e. The molecular formula is C19H26N2. The molecule has 2 nitrogen and oxygen atoms in total. The quantitative estimate of drug-likeness (QED) is 0.906. The highest BCUT2D eigenvalue weighted by molar-refractivity contribution is 5.81. The van der Waals surface area contributed by atoms with Crippen molar-refractivity contribution in [1.82, 2.24) is 10.3 Å². The number of hydrogen-bond acceptors (Lipinski definition) is 2. The number of aromatic nitrogens is 1. The van der Waals surface area contributed by atoms with Gasteiger partial charge in [0.15, 0.2) is 0 Å². The van der Waals surface area contributed by atoms with Gasteiger partial charge in [0.25, 0.3) is 0 Å². The molecule has 0 spiro atoms. The lowest BCUT2D eigenvalue weighted by Crippen LogP contribution is -2.51. The first kappa shape index (κ1) is 14.5. The molecule has 0 saturated carbocycles. The van der Waals surface area contributed by atoms with E-state index in [9.17, 15) is 0 Å². The van der Waals surface area contributed by atoms with Crippen LogP contribution in [0.5, 0.6) is 0 Å². The van der Waals surface area contributed by atoms with Crippen LogP contribution in [-0.4, -0.2) is 17.1 Å². The van der Waals surface area contributed by atoms with Crippen molar-refractivity contribution in [1.29, 1.82) is 0 Å². The van der Waals surface area contributed by atoms with Crippen molar-refractivity contribution in [3.8, 4) is 0 Å². The number of pyridine rings is 1. The number of fused-ring (bicyclic) bond motifs is 1. The Morgan fingerprint density at radius 3 is 2.86 bits per heavy atom. The van der Waals surface area contributed by atoms with Gasteiger partial charge in [-0.1, -0.05) is 44.9 Å². The molecule has 112 valence electrons. The summed E-state index contributed by atoms with van der Waals surface area (Å²) in [6.07, 6.45) is 8.36. The van der Waals surface area contributed by atoms with Gasteiger partial charge >= 0.3 is 0 Å². The Kier molecular flexibility index (Phi) is 4.25. The fraction of sp³-hybridized carbons (Fsp3) is 0.526. The third kappa shape index (κ3) is 2.96. The SMILES string of the molecule is CC(C)C1(Cc2ccnc3ccccc23)CCCCCN1. The molecule has 2 heteroatoms. The van der Waals surface area contributed by atoms with Gasteiger partial charge in [0.2, 0.25) is 0 Å². The van der Waals surface area contributed by atoms with Crippen molar-refractivity contribution >= 4 is 10.9 Å². The van der Waals surface area contributed by atoms with E-state index in [4.69, 9.17) is 0 Å². The Morgan fingerprint density at radius 1 is 1.14 bits per heavy atom. The summed E-state index contributed by atoms with van der Waals surface area (Å²) in [6, 6.07) is 10.7. The Morgan fingerprint density at radius 2 is 2.00 bits per heavy atom. The highest BCUT2D eigenvalue weighted by Crippen LogP contribution is 2.32. The maximum absolute atomic E-state index is 4.50. The summed E-state index contributed by atoms with van der Waals surface area (Å²) < 4.78 is 0. The van der Waals surface area contributed by atoms with Gasteiger partial charge in [0.1, 0.15) is 0 Å². The van der Waals surface area contributed by atoms with Crippen LogP contribution >= 0.6 is 0 Å². The zero-order chi connectivity index (χ0) is 14.7. The molecule has 2 heterocycles.